The smallest absolute Gasteiger partial charge is 0.321 e. The Morgan fingerprint density at radius 1 is 0.709 bits per heavy atom. The number of ether oxygens (including phenoxy) is 5. The molecule has 282 valence electrons. The largest absolute Gasteiger partial charge is 0.494 e. The second-order valence-electron chi connectivity index (χ2n) is 13.9. The molecule has 11 nitrogen and oxygen atoms in total. The van der Waals surface area contributed by atoms with Crippen molar-refractivity contribution < 1.29 is 52.8 Å². The predicted molar refractivity (Wildman–Crippen MR) is 198 cm³/mol. The molecular formula is C44H40O11. The van der Waals surface area contributed by atoms with Gasteiger partial charge in [0.05, 0.1) is 36.9 Å². The number of fused-ring (bicyclic) bond motifs is 3. The third-order valence-corrected chi connectivity index (χ3v) is 10.3. The lowest BCUT2D eigenvalue weighted by Crippen LogP contribution is -2.31. The van der Waals surface area contributed by atoms with Crippen LogP contribution < -0.4 is 14.2 Å². The second kappa shape index (κ2) is 16.9. The average Bonchev–Trinajstić information content (AvgIpc) is 3.70. The van der Waals surface area contributed by atoms with E-state index in [2.05, 4.69) is 0 Å². The van der Waals surface area contributed by atoms with Crippen molar-refractivity contribution in [2.45, 2.75) is 56.5 Å². The minimum absolute atomic E-state index is 0.00397. The molecule has 4 aromatic rings. The molecule has 2 saturated heterocycles. The maximum atomic E-state index is 12.6. The van der Waals surface area contributed by atoms with E-state index in [4.69, 9.17) is 23.7 Å². The van der Waals surface area contributed by atoms with E-state index in [9.17, 15) is 29.1 Å². The number of benzene rings is 4. The fraction of sp³-hybridized carbons (Fsp3) is 0.295. The van der Waals surface area contributed by atoms with Crippen LogP contribution >= 0.6 is 0 Å². The van der Waals surface area contributed by atoms with Crippen molar-refractivity contribution in [3.8, 4) is 17.2 Å². The number of carbonyl (C=O) groups excluding carboxylic acids is 5. The first kappa shape index (κ1) is 37.3. The van der Waals surface area contributed by atoms with Gasteiger partial charge in [0.25, 0.3) is 0 Å². The lowest BCUT2D eigenvalue weighted by Gasteiger charge is -2.33. The summed E-state index contributed by atoms with van der Waals surface area (Å²) in [5.74, 6) is -3.40. The quantitative estimate of drug-likeness (QED) is 0.0314. The Morgan fingerprint density at radius 2 is 1.40 bits per heavy atom. The molecule has 0 aromatic heterocycles. The van der Waals surface area contributed by atoms with Crippen molar-refractivity contribution >= 4 is 35.7 Å². The highest BCUT2D eigenvalue weighted by atomic mass is 16.7. The summed E-state index contributed by atoms with van der Waals surface area (Å²) in [5, 5.41) is 10.7. The number of unbranched alkanes of at least 4 members (excludes halogenated alkanes) is 2. The van der Waals surface area contributed by atoms with Crippen LogP contribution in [0.3, 0.4) is 0 Å². The molecule has 0 bridgehead atoms. The maximum Gasteiger partial charge on any atom is 0.321 e. The molecule has 55 heavy (non-hydrogen) atoms. The maximum absolute atomic E-state index is 12.6. The van der Waals surface area contributed by atoms with E-state index < -0.39 is 53.7 Å². The number of carbonyl (C=O) groups is 5. The highest BCUT2D eigenvalue weighted by molar-refractivity contribution is 6.06. The van der Waals surface area contributed by atoms with Crippen molar-refractivity contribution in [3.63, 3.8) is 0 Å². The van der Waals surface area contributed by atoms with E-state index in [-0.39, 0.29) is 25.4 Å². The first-order valence-electron chi connectivity index (χ1n) is 18.4. The first-order chi connectivity index (χ1) is 26.7. The predicted octanol–water partition coefficient (Wildman–Crippen LogP) is 7.03. The van der Waals surface area contributed by atoms with Crippen LogP contribution in [0, 0.1) is 11.8 Å². The molecule has 11 heteroatoms. The Kier molecular flexibility index (Phi) is 11.5. The van der Waals surface area contributed by atoms with Gasteiger partial charge in [-0.15, -0.1) is 0 Å². The standard InChI is InChI=1S/C44H40O11/c45-38(29-13-17-31(18-14-29)53-26-52-30-15-10-27(11-16-30)12-21-39(46)28-7-3-1-4-8-28)9-5-2-6-22-51-32-19-20-33-34(36-25-40(47)54-42(36)48)24-37-41(35(33)23-32)44(50)55-43(37)49/h1,3-4,7-8,10-21,23,34,36-38,41,45H,2,5-6,9,22,24-26H2/b21-12+. The van der Waals surface area contributed by atoms with E-state index in [1.165, 1.54) is 0 Å². The number of hydrogen-bond acceptors (Lipinski definition) is 11. The van der Waals surface area contributed by atoms with E-state index >= 15 is 0 Å². The lowest BCUT2D eigenvalue weighted by molar-refractivity contribution is -0.155. The van der Waals surface area contributed by atoms with Gasteiger partial charge >= 0.3 is 23.9 Å². The van der Waals surface area contributed by atoms with Gasteiger partial charge in [-0.25, -0.2) is 0 Å². The Balaban J connectivity index is 0.820. The second-order valence-corrected chi connectivity index (χ2v) is 13.9. The third-order valence-electron chi connectivity index (χ3n) is 10.3. The zero-order chi connectivity index (χ0) is 38.3. The fourth-order valence-electron chi connectivity index (χ4n) is 7.42. The normalized spacial score (nSPS) is 20.7. The van der Waals surface area contributed by atoms with Crippen molar-refractivity contribution in [1.82, 2.24) is 0 Å². The Hall–Kier alpha value is -6.07. The van der Waals surface area contributed by atoms with Gasteiger partial charge in [-0.2, -0.15) is 0 Å². The van der Waals surface area contributed by atoms with Gasteiger partial charge in [-0.05, 0) is 96.3 Å². The van der Waals surface area contributed by atoms with Crippen LogP contribution in [-0.4, -0.2) is 48.2 Å². The number of rotatable bonds is 16. The van der Waals surface area contributed by atoms with Gasteiger partial charge < -0.3 is 28.8 Å². The summed E-state index contributed by atoms with van der Waals surface area (Å²) < 4.78 is 27.2. The molecular weight excluding hydrogens is 704 g/mol. The Bertz CT molecular complexity index is 2070. The van der Waals surface area contributed by atoms with Gasteiger partial charge in [0.1, 0.15) is 17.2 Å². The van der Waals surface area contributed by atoms with Crippen LogP contribution in [0.15, 0.2) is 103 Å². The van der Waals surface area contributed by atoms with Gasteiger partial charge in [-0.1, -0.05) is 73.2 Å². The molecule has 0 spiro atoms. The molecule has 0 radical (unpaired) electrons. The molecule has 2 fully saturated rings. The summed E-state index contributed by atoms with van der Waals surface area (Å²) >= 11 is 0. The van der Waals surface area contributed by atoms with Gasteiger partial charge in [0.2, 0.25) is 6.79 Å². The number of esters is 4. The molecule has 5 atom stereocenters. The van der Waals surface area contributed by atoms with Gasteiger partial charge in [0, 0.05) is 5.56 Å². The summed E-state index contributed by atoms with van der Waals surface area (Å²) in [6.45, 7) is 0.411. The Morgan fingerprint density at radius 3 is 2.11 bits per heavy atom. The third kappa shape index (κ3) is 8.84. The number of cyclic esters (lactones) is 4. The van der Waals surface area contributed by atoms with Gasteiger partial charge in [0.15, 0.2) is 5.78 Å². The molecule has 3 aliphatic rings. The number of aliphatic hydroxyl groups excluding tert-OH is 1. The van der Waals surface area contributed by atoms with Crippen LogP contribution in [0.5, 0.6) is 17.2 Å². The van der Waals surface area contributed by atoms with Crippen molar-refractivity contribution in [2.24, 2.45) is 11.8 Å². The molecule has 1 aliphatic carbocycles. The number of aliphatic hydroxyl groups is 1. The molecule has 0 saturated carbocycles. The number of allylic oxidation sites excluding steroid dienone is 1. The summed E-state index contributed by atoms with van der Waals surface area (Å²) in [4.78, 5) is 61.6. The zero-order valence-electron chi connectivity index (χ0n) is 30.0. The van der Waals surface area contributed by atoms with Crippen LogP contribution in [0.25, 0.3) is 6.08 Å². The summed E-state index contributed by atoms with van der Waals surface area (Å²) in [6, 6.07) is 29.0. The number of ketones is 1. The topological polar surface area (TPSA) is 152 Å². The van der Waals surface area contributed by atoms with Crippen LogP contribution in [0.2, 0.25) is 0 Å². The molecule has 2 heterocycles. The average molecular weight is 745 g/mol. The van der Waals surface area contributed by atoms with Gasteiger partial charge in [-0.3, -0.25) is 24.0 Å². The van der Waals surface area contributed by atoms with E-state index in [1.54, 1.807) is 66.7 Å². The molecule has 1 N–H and O–H groups in total. The summed E-state index contributed by atoms with van der Waals surface area (Å²) in [6.07, 6.45) is 5.72. The van der Waals surface area contributed by atoms with E-state index in [0.29, 0.717) is 41.4 Å². The van der Waals surface area contributed by atoms with Crippen LogP contribution in [0.1, 0.15) is 89.1 Å². The Labute approximate surface area is 317 Å². The van der Waals surface area contributed by atoms with Crippen LogP contribution in [-0.2, 0) is 28.7 Å². The SMILES string of the molecule is O=C1CC(C2CC3C(=O)OC(=O)C3c3cc(OCCCCCC(O)c4ccc(OCOc5ccc(/C=C/C(=O)c6ccccc6)cc5)cc4)ccc32)C(=O)O1. The minimum Gasteiger partial charge on any atom is -0.494 e. The highest BCUT2D eigenvalue weighted by Gasteiger charge is 2.53. The lowest BCUT2D eigenvalue weighted by atomic mass is 9.67. The van der Waals surface area contributed by atoms with E-state index in [0.717, 1.165) is 36.0 Å². The molecule has 7 rings (SSSR count). The summed E-state index contributed by atoms with van der Waals surface area (Å²) in [5.41, 5.74) is 3.60. The summed E-state index contributed by atoms with van der Waals surface area (Å²) in [7, 11) is 0. The molecule has 0 amide bonds. The van der Waals surface area contributed by atoms with Crippen molar-refractivity contribution in [1.29, 1.82) is 0 Å². The van der Waals surface area contributed by atoms with Crippen molar-refractivity contribution in [3.05, 3.63) is 131 Å². The molecule has 5 unspecified atom stereocenters. The van der Waals surface area contributed by atoms with Crippen LogP contribution in [0.4, 0.5) is 0 Å². The molecule has 2 aliphatic heterocycles. The highest BCUT2D eigenvalue weighted by Crippen LogP contribution is 2.51. The minimum atomic E-state index is -0.775. The van der Waals surface area contributed by atoms with E-state index in [1.807, 2.05) is 42.5 Å². The van der Waals surface area contributed by atoms with Crippen molar-refractivity contribution in [2.75, 3.05) is 13.4 Å². The monoisotopic (exact) mass is 744 g/mol. The molecule has 4 aromatic carbocycles. The number of hydrogen-bond donors (Lipinski definition) is 1. The fourth-order valence-corrected chi connectivity index (χ4v) is 7.42. The zero-order valence-corrected chi connectivity index (χ0v) is 30.0. The first-order valence-corrected chi connectivity index (χ1v) is 18.4.